The molecule has 0 bridgehead atoms. The molecule has 0 spiro atoms. The quantitative estimate of drug-likeness (QED) is 0.864. The zero-order valence-electron chi connectivity index (χ0n) is 10.6. The van der Waals surface area contributed by atoms with Crippen LogP contribution in [0.4, 0.5) is 20.4 Å². The highest BCUT2D eigenvalue weighted by Crippen LogP contribution is 2.24. The van der Waals surface area contributed by atoms with Gasteiger partial charge in [-0.2, -0.15) is 0 Å². The second-order valence-corrected chi connectivity index (χ2v) is 4.66. The number of nitrogens with zero attached hydrogens (tertiary/aromatic N) is 1. The summed E-state index contributed by atoms with van der Waals surface area (Å²) >= 11 is 0. The number of pyridine rings is 1. The SMILES string of the molecule is CCNc1nc(NC2CCCCC2)c(F)cc1F. The minimum atomic E-state index is -0.649. The van der Waals surface area contributed by atoms with Gasteiger partial charge in [0.05, 0.1) is 0 Å². The van der Waals surface area contributed by atoms with E-state index in [1.807, 2.05) is 6.92 Å². The van der Waals surface area contributed by atoms with E-state index < -0.39 is 11.6 Å². The second-order valence-electron chi connectivity index (χ2n) is 4.66. The molecule has 0 radical (unpaired) electrons. The van der Waals surface area contributed by atoms with Crippen LogP contribution in [0.1, 0.15) is 39.0 Å². The standard InChI is InChI=1S/C13H19F2N3/c1-2-16-12-10(14)8-11(15)13(18-12)17-9-6-4-3-5-7-9/h8-9H,2-7H2,1H3,(H2,16,17,18). The number of anilines is 2. The third-order valence-electron chi connectivity index (χ3n) is 3.22. The molecule has 1 aliphatic rings. The van der Waals surface area contributed by atoms with Gasteiger partial charge in [0.1, 0.15) is 0 Å². The average molecular weight is 255 g/mol. The molecule has 3 nitrogen and oxygen atoms in total. The number of halogens is 2. The van der Waals surface area contributed by atoms with Gasteiger partial charge in [0.2, 0.25) is 0 Å². The molecule has 0 aliphatic heterocycles. The summed E-state index contributed by atoms with van der Waals surface area (Å²) in [5.41, 5.74) is 0. The molecule has 1 saturated carbocycles. The van der Waals surface area contributed by atoms with Gasteiger partial charge >= 0.3 is 0 Å². The Morgan fingerprint density at radius 1 is 1.17 bits per heavy atom. The fraction of sp³-hybridized carbons (Fsp3) is 0.615. The van der Waals surface area contributed by atoms with Crippen LogP contribution in [0.2, 0.25) is 0 Å². The number of hydrogen-bond donors (Lipinski definition) is 2. The molecule has 18 heavy (non-hydrogen) atoms. The molecule has 0 unspecified atom stereocenters. The van der Waals surface area contributed by atoms with Crippen molar-refractivity contribution in [2.75, 3.05) is 17.2 Å². The number of hydrogen-bond acceptors (Lipinski definition) is 3. The van der Waals surface area contributed by atoms with Gasteiger partial charge in [-0.3, -0.25) is 0 Å². The molecule has 1 aliphatic carbocycles. The predicted molar refractivity (Wildman–Crippen MR) is 68.8 cm³/mol. The van der Waals surface area contributed by atoms with E-state index in [1.54, 1.807) is 0 Å². The minimum Gasteiger partial charge on any atom is -0.368 e. The third kappa shape index (κ3) is 3.09. The van der Waals surface area contributed by atoms with Crippen molar-refractivity contribution >= 4 is 11.6 Å². The van der Waals surface area contributed by atoms with Gasteiger partial charge in [-0.15, -0.1) is 0 Å². The van der Waals surface area contributed by atoms with Crippen LogP contribution in [0.15, 0.2) is 6.07 Å². The fourth-order valence-electron chi connectivity index (χ4n) is 2.30. The lowest BCUT2D eigenvalue weighted by molar-refractivity contribution is 0.459. The van der Waals surface area contributed by atoms with E-state index in [1.165, 1.54) is 6.42 Å². The van der Waals surface area contributed by atoms with E-state index in [2.05, 4.69) is 15.6 Å². The van der Waals surface area contributed by atoms with Crippen LogP contribution in [0.5, 0.6) is 0 Å². The minimum absolute atomic E-state index is 0.109. The van der Waals surface area contributed by atoms with Gasteiger partial charge < -0.3 is 10.6 Å². The van der Waals surface area contributed by atoms with Gasteiger partial charge in [-0.05, 0) is 19.8 Å². The van der Waals surface area contributed by atoms with E-state index in [-0.39, 0.29) is 17.7 Å². The van der Waals surface area contributed by atoms with Crippen LogP contribution < -0.4 is 10.6 Å². The summed E-state index contributed by atoms with van der Waals surface area (Å²) in [6.45, 7) is 2.40. The summed E-state index contributed by atoms with van der Waals surface area (Å²) in [4.78, 5) is 3.98. The largest absolute Gasteiger partial charge is 0.368 e. The second kappa shape index (κ2) is 5.98. The Morgan fingerprint density at radius 3 is 2.50 bits per heavy atom. The number of nitrogens with one attached hydrogen (secondary N) is 2. The predicted octanol–water partition coefficient (Wildman–Crippen LogP) is 3.54. The Morgan fingerprint density at radius 2 is 1.83 bits per heavy atom. The van der Waals surface area contributed by atoms with Crippen molar-refractivity contribution in [2.24, 2.45) is 0 Å². The van der Waals surface area contributed by atoms with Crippen molar-refractivity contribution in [3.63, 3.8) is 0 Å². The summed E-state index contributed by atoms with van der Waals surface area (Å²) in [6.07, 6.45) is 5.59. The van der Waals surface area contributed by atoms with Gasteiger partial charge in [-0.25, -0.2) is 13.8 Å². The van der Waals surface area contributed by atoms with Crippen LogP contribution in [0, 0.1) is 11.6 Å². The normalized spacial score (nSPS) is 16.6. The Kier molecular flexibility index (Phi) is 4.33. The maximum absolute atomic E-state index is 13.6. The van der Waals surface area contributed by atoms with Crippen LogP contribution in [0.25, 0.3) is 0 Å². The van der Waals surface area contributed by atoms with Gasteiger partial charge in [0.15, 0.2) is 23.3 Å². The maximum Gasteiger partial charge on any atom is 0.168 e. The van der Waals surface area contributed by atoms with Crippen molar-refractivity contribution < 1.29 is 8.78 Å². The maximum atomic E-state index is 13.6. The summed E-state index contributed by atoms with van der Waals surface area (Å²) in [5.74, 6) is -1.01. The first kappa shape index (κ1) is 13.1. The van der Waals surface area contributed by atoms with E-state index in [0.717, 1.165) is 31.7 Å². The number of aromatic nitrogens is 1. The Labute approximate surface area is 106 Å². The van der Waals surface area contributed by atoms with Crippen LogP contribution in [-0.2, 0) is 0 Å². The van der Waals surface area contributed by atoms with Crippen LogP contribution in [-0.4, -0.2) is 17.6 Å². The third-order valence-corrected chi connectivity index (χ3v) is 3.22. The highest BCUT2D eigenvalue weighted by molar-refractivity contribution is 5.48. The van der Waals surface area contributed by atoms with Crippen molar-refractivity contribution in [3.8, 4) is 0 Å². The summed E-state index contributed by atoms with van der Waals surface area (Å²) in [6, 6.07) is 1.14. The van der Waals surface area contributed by atoms with E-state index in [0.29, 0.717) is 6.54 Å². The van der Waals surface area contributed by atoms with Crippen molar-refractivity contribution in [3.05, 3.63) is 17.7 Å². The van der Waals surface area contributed by atoms with E-state index in [9.17, 15) is 8.78 Å². The molecule has 2 N–H and O–H groups in total. The Balaban J connectivity index is 2.12. The smallest absolute Gasteiger partial charge is 0.168 e. The molecule has 100 valence electrons. The summed E-state index contributed by atoms with van der Waals surface area (Å²) in [5, 5.41) is 5.87. The Bertz CT molecular complexity index is 403. The monoisotopic (exact) mass is 255 g/mol. The van der Waals surface area contributed by atoms with Gasteiger partial charge in [0, 0.05) is 18.7 Å². The molecular weight excluding hydrogens is 236 g/mol. The highest BCUT2D eigenvalue weighted by Gasteiger charge is 2.17. The molecule has 0 atom stereocenters. The summed E-state index contributed by atoms with van der Waals surface area (Å²) in [7, 11) is 0. The molecule has 0 aromatic carbocycles. The first-order valence-electron chi connectivity index (χ1n) is 6.57. The molecule has 1 heterocycles. The van der Waals surface area contributed by atoms with Gasteiger partial charge in [-0.1, -0.05) is 19.3 Å². The fourth-order valence-corrected chi connectivity index (χ4v) is 2.30. The van der Waals surface area contributed by atoms with Crippen molar-refractivity contribution in [1.29, 1.82) is 0 Å². The molecule has 1 aromatic heterocycles. The molecule has 5 heteroatoms. The molecular formula is C13H19F2N3. The number of rotatable bonds is 4. The zero-order chi connectivity index (χ0) is 13.0. The first-order valence-corrected chi connectivity index (χ1v) is 6.57. The molecule has 1 aromatic rings. The zero-order valence-corrected chi connectivity index (χ0v) is 10.6. The van der Waals surface area contributed by atoms with Crippen LogP contribution >= 0.6 is 0 Å². The molecule has 1 fully saturated rings. The first-order chi connectivity index (χ1) is 8.70. The van der Waals surface area contributed by atoms with Crippen molar-refractivity contribution in [2.45, 2.75) is 45.1 Å². The summed E-state index contributed by atoms with van der Waals surface area (Å²) < 4.78 is 27.0. The lowest BCUT2D eigenvalue weighted by Crippen LogP contribution is -2.24. The molecule has 2 rings (SSSR count). The van der Waals surface area contributed by atoms with Crippen LogP contribution in [0.3, 0.4) is 0 Å². The van der Waals surface area contributed by atoms with Gasteiger partial charge in [0.25, 0.3) is 0 Å². The van der Waals surface area contributed by atoms with E-state index >= 15 is 0 Å². The molecule has 0 saturated heterocycles. The highest BCUT2D eigenvalue weighted by atomic mass is 19.1. The van der Waals surface area contributed by atoms with E-state index in [4.69, 9.17) is 0 Å². The topological polar surface area (TPSA) is 37.0 Å². The lowest BCUT2D eigenvalue weighted by Gasteiger charge is -2.23. The van der Waals surface area contributed by atoms with Crippen molar-refractivity contribution in [1.82, 2.24) is 4.98 Å². The Hall–Kier alpha value is -1.39. The average Bonchev–Trinajstić information content (AvgIpc) is 2.37. The molecule has 0 amide bonds. The lowest BCUT2D eigenvalue weighted by atomic mass is 9.95.